The van der Waals surface area contributed by atoms with Gasteiger partial charge in [0.25, 0.3) is 0 Å². The summed E-state index contributed by atoms with van der Waals surface area (Å²) in [6.45, 7) is 0. The summed E-state index contributed by atoms with van der Waals surface area (Å²) in [4.78, 5) is 11.4. The van der Waals surface area contributed by atoms with E-state index in [1.54, 1.807) is 6.07 Å². The molecule has 2 nitrogen and oxygen atoms in total. The Hall–Kier alpha value is -1.39. The van der Waals surface area contributed by atoms with Crippen LogP contribution in [0.2, 0.25) is 5.02 Å². The lowest BCUT2D eigenvalue weighted by atomic mass is 9.92. The Kier molecular flexibility index (Phi) is 5.37. The Morgan fingerprint density at radius 2 is 1.95 bits per heavy atom. The van der Waals surface area contributed by atoms with E-state index in [0.29, 0.717) is 18.4 Å². The molecule has 2 aromatic carbocycles. The number of hydrogen-bond acceptors (Lipinski definition) is 1. The zero-order valence-corrected chi connectivity index (χ0v) is 13.4. The second-order valence-corrected chi connectivity index (χ2v) is 6.04. The quantitative estimate of drug-likeness (QED) is 0.825. The third kappa shape index (κ3) is 4.29. The molecule has 0 heterocycles. The Labute approximate surface area is 135 Å². The van der Waals surface area contributed by atoms with Crippen molar-refractivity contribution >= 4 is 33.5 Å². The van der Waals surface area contributed by atoms with E-state index in [4.69, 9.17) is 11.6 Å². The fourth-order valence-electron chi connectivity index (χ4n) is 2.13. The minimum atomic E-state index is -0.883. The van der Waals surface area contributed by atoms with Gasteiger partial charge in [-0.05, 0) is 42.2 Å². The summed E-state index contributed by atoms with van der Waals surface area (Å²) < 4.78 is 14.0. The number of hydrogen-bond donors (Lipinski definition) is 1. The van der Waals surface area contributed by atoms with Gasteiger partial charge in [-0.3, -0.25) is 4.79 Å². The zero-order valence-electron chi connectivity index (χ0n) is 11.0. The Morgan fingerprint density at radius 3 is 2.57 bits per heavy atom. The lowest BCUT2D eigenvalue weighted by Gasteiger charge is -2.14. The minimum Gasteiger partial charge on any atom is -0.481 e. The van der Waals surface area contributed by atoms with Gasteiger partial charge in [-0.15, -0.1) is 0 Å². The van der Waals surface area contributed by atoms with Gasteiger partial charge in [0.15, 0.2) is 0 Å². The molecule has 0 saturated carbocycles. The average molecular weight is 372 g/mol. The summed E-state index contributed by atoms with van der Waals surface area (Å²) in [7, 11) is 0. The third-order valence-corrected chi connectivity index (χ3v) is 4.30. The summed E-state index contributed by atoms with van der Waals surface area (Å²) in [6.07, 6.45) is 0.697. The van der Waals surface area contributed by atoms with Crippen LogP contribution in [0, 0.1) is 11.7 Å². The molecule has 1 atom stereocenters. The van der Waals surface area contributed by atoms with Gasteiger partial charge in [-0.25, -0.2) is 4.39 Å². The highest BCUT2D eigenvalue weighted by Gasteiger charge is 2.20. The van der Waals surface area contributed by atoms with Crippen molar-refractivity contribution in [3.8, 4) is 0 Å². The molecule has 2 rings (SSSR count). The number of halogens is 3. The summed E-state index contributed by atoms with van der Waals surface area (Å²) in [5.74, 6) is -1.98. The minimum absolute atomic E-state index is 0.0116. The van der Waals surface area contributed by atoms with Crippen LogP contribution in [0.25, 0.3) is 0 Å². The van der Waals surface area contributed by atoms with Crippen molar-refractivity contribution in [3.05, 3.63) is 68.9 Å². The molecular formula is C16H13BrClFO2. The molecule has 0 aromatic heterocycles. The van der Waals surface area contributed by atoms with E-state index in [-0.39, 0.29) is 5.02 Å². The van der Waals surface area contributed by atoms with E-state index in [1.807, 2.05) is 24.3 Å². The van der Waals surface area contributed by atoms with Gasteiger partial charge in [-0.2, -0.15) is 0 Å². The number of carbonyl (C=O) groups is 1. The fourth-order valence-corrected chi connectivity index (χ4v) is 2.78. The predicted octanol–water partition coefficient (Wildman–Crippen LogP) is 4.73. The van der Waals surface area contributed by atoms with Crippen LogP contribution in [0.5, 0.6) is 0 Å². The number of aliphatic carboxylic acids is 1. The van der Waals surface area contributed by atoms with E-state index in [2.05, 4.69) is 15.9 Å². The van der Waals surface area contributed by atoms with Crippen LogP contribution in [0.3, 0.4) is 0 Å². The summed E-state index contributed by atoms with van der Waals surface area (Å²) in [5.41, 5.74) is 1.64. The van der Waals surface area contributed by atoms with E-state index in [1.165, 1.54) is 12.1 Å². The molecule has 0 spiro atoms. The van der Waals surface area contributed by atoms with Crippen LogP contribution in [-0.4, -0.2) is 11.1 Å². The maximum Gasteiger partial charge on any atom is 0.307 e. The van der Waals surface area contributed by atoms with Crippen LogP contribution < -0.4 is 0 Å². The monoisotopic (exact) mass is 370 g/mol. The normalized spacial score (nSPS) is 12.1. The van der Waals surface area contributed by atoms with Crippen molar-refractivity contribution in [2.75, 3.05) is 0 Å². The molecule has 0 aliphatic heterocycles. The lowest BCUT2D eigenvalue weighted by molar-refractivity contribution is -0.141. The number of carboxylic acid groups (broad SMARTS) is 1. The van der Waals surface area contributed by atoms with Crippen LogP contribution >= 0.6 is 27.5 Å². The average Bonchev–Trinajstić information content (AvgIpc) is 2.44. The van der Waals surface area contributed by atoms with Crippen molar-refractivity contribution in [1.82, 2.24) is 0 Å². The lowest BCUT2D eigenvalue weighted by Crippen LogP contribution is -2.19. The second-order valence-electron chi connectivity index (χ2n) is 4.78. The zero-order chi connectivity index (χ0) is 15.4. The highest BCUT2D eigenvalue weighted by molar-refractivity contribution is 9.10. The smallest absolute Gasteiger partial charge is 0.307 e. The van der Waals surface area contributed by atoms with Gasteiger partial charge >= 0.3 is 5.97 Å². The molecule has 110 valence electrons. The fraction of sp³-hybridized carbons (Fsp3) is 0.188. The van der Waals surface area contributed by atoms with Gasteiger partial charge < -0.3 is 5.11 Å². The van der Waals surface area contributed by atoms with Crippen molar-refractivity contribution in [3.63, 3.8) is 0 Å². The first-order valence-corrected chi connectivity index (χ1v) is 7.54. The first-order chi connectivity index (χ1) is 9.97. The Morgan fingerprint density at radius 1 is 1.24 bits per heavy atom. The summed E-state index contributed by atoms with van der Waals surface area (Å²) >= 11 is 9.15. The van der Waals surface area contributed by atoms with Gasteiger partial charge in [0.2, 0.25) is 0 Å². The maximum absolute atomic E-state index is 13.1. The second kappa shape index (κ2) is 7.05. The summed E-state index contributed by atoms with van der Waals surface area (Å²) in [6, 6.07) is 11.8. The Balaban J connectivity index is 2.18. The number of benzene rings is 2. The molecule has 0 aliphatic rings. The van der Waals surface area contributed by atoms with Gasteiger partial charge in [0.05, 0.1) is 10.9 Å². The van der Waals surface area contributed by atoms with E-state index in [9.17, 15) is 14.3 Å². The first-order valence-electron chi connectivity index (χ1n) is 6.37. The molecule has 0 fully saturated rings. The Bertz CT molecular complexity index is 660. The largest absolute Gasteiger partial charge is 0.481 e. The molecule has 5 heteroatoms. The first kappa shape index (κ1) is 16.0. The highest BCUT2D eigenvalue weighted by atomic mass is 79.9. The van der Waals surface area contributed by atoms with Crippen molar-refractivity contribution in [1.29, 1.82) is 0 Å². The van der Waals surface area contributed by atoms with Crippen LogP contribution in [0.15, 0.2) is 46.9 Å². The number of carboxylic acids is 1. The highest BCUT2D eigenvalue weighted by Crippen LogP contribution is 2.23. The SMILES string of the molecule is O=C(O)C(Cc1ccc(F)c(Cl)c1)Cc1ccccc1Br. The molecule has 1 unspecified atom stereocenters. The van der Waals surface area contributed by atoms with Gasteiger partial charge in [0.1, 0.15) is 5.82 Å². The molecule has 0 amide bonds. The molecule has 0 saturated heterocycles. The molecule has 2 aromatic rings. The third-order valence-electron chi connectivity index (χ3n) is 3.24. The molecule has 1 N–H and O–H groups in total. The number of rotatable bonds is 5. The van der Waals surface area contributed by atoms with E-state index >= 15 is 0 Å². The topological polar surface area (TPSA) is 37.3 Å². The molecular weight excluding hydrogens is 359 g/mol. The van der Waals surface area contributed by atoms with Crippen LogP contribution in [0.4, 0.5) is 4.39 Å². The van der Waals surface area contributed by atoms with E-state index < -0.39 is 17.7 Å². The van der Waals surface area contributed by atoms with E-state index in [0.717, 1.165) is 10.0 Å². The van der Waals surface area contributed by atoms with Crippen molar-refractivity contribution < 1.29 is 14.3 Å². The van der Waals surface area contributed by atoms with Crippen LogP contribution in [0.1, 0.15) is 11.1 Å². The van der Waals surface area contributed by atoms with Crippen LogP contribution in [-0.2, 0) is 17.6 Å². The molecule has 21 heavy (non-hydrogen) atoms. The van der Waals surface area contributed by atoms with Gasteiger partial charge in [0, 0.05) is 4.47 Å². The molecule has 0 aliphatic carbocycles. The summed E-state index contributed by atoms with van der Waals surface area (Å²) in [5, 5.41) is 9.40. The van der Waals surface area contributed by atoms with Crippen molar-refractivity contribution in [2.45, 2.75) is 12.8 Å². The molecule has 0 radical (unpaired) electrons. The maximum atomic E-state index is 13.1. The standard InChI is InChI=1S/C16H13BrClFO2/c17-13-4-2-1-3-11(13)9-12(16(20)21)7-10-5-6-15(19)14(18)8-10/h1-6,8,12H,7,9H2,(H,20,21). The van der Waals surface area contributed by atoms with Crippen molar-refractivity contribution in [2.24, 2.45) is 5.92 Å². The molecule has 0 bridgehead atoms. The predicted molar refractivity (Wildman–Crippen MR) is 84.1 cm³/mol. The van der Waals surface area contributed by atoms with Gasteiger partial charge in [-0.1, -0.05) is 51.8 Å².